The summed E-state index contributed by atoms with van der Waals surface area (Å²) >= 11 is 0. The lowest BCUT2D eigenvalue weighted by molar-refractivity contribution is 0.0979. The Bertz CT molecular complexity index is 578. The highest BCUT2D eigenvalue weighted by Gasteiger charge is 2.35. The van der Waals surface area contributed by atoms with Crippen molar-refractivity contribution in [2.75, 3.05) is 10.6 Å². The second kappa shape index (κ2) is 4.68. The summed E-state index contributed by atoms with van der Waals surface area (Å²) in [6.45, 7) is 0. The summed E-state index contributed by atoms with van der Waals surface area (Å²) in [6, 6.07) is 9.07. The van der Waals surface area contributed by atoms with Crippen LogP contribution < -0.4 is 10.6 Å². The Morgan fingerprint density at radius 2 is 2.05 bits per heavy atom. The minimum Gasteiger partial charge on any atom is -0.397 e. The number of nitrogens with zero attached hydrogens (tertiary/aromatic N) is 3. The molecule has 0 atom stereocenters. The topological polar surface area (TPSA) is 72.1 Å². The van der Waals surface area contributed by atoms with Gasteiger partial charge in [0.15, 0.2) is 0 Å². The van der Waals surface area contributed by atoms with Crippen molar-refractivity contribution in [2.24, 2.45) is 0 Å². The van der Waals surface area contributed by atoms with Gasteiger partial charge in [-0.05, 0) is 37.1 Å². The summed E-state index contributed by atoms with van der Waals surface area (Å²) in [6.07, 6.45) is 5.19. The largest absolute Gasteiger partial charge is 0.397 e. The number of pyridine rings is 2. The van der Waals surface area contributed by atoms with Gasteiger partial charge in [-0.25, -0.2) is 4.98 Å². The van der Waals surface area contributed by atoms with Crippen LogP contribution in [0.1, 0.15) is 23.3 Å². The molecule has 0 aromatic carbocycles. The molecule has 1 fully saturated rings. The Balaban J connectivity index is 1.93. The van der Waals surface area contributed by atoms with Crippen molar-refractivity contribution in [1.29, 1.82) is 0 Å². The fourth-order valence-electron chi connectivity index (χ4n) is 1.94. The molecule has 5 heteroatoms. The molecule has 2 N–H and O–H groups in total. The van der Waals surface area contributed by atoms with Gasteiger partial charge < -0.3 is 5.73 Å². The van der Waals surface area contributed by atoms with Gasteiger partial charge in [0.05, 0.1) is 11.9 Å². The van der Waals surface area contributed by atoms with Crippen LogP contribution in [0.3, 0.4) is 0 Å². The summed E-state index contributed by atoms with van der Waals surface area (Å²) in [7, 11) is 0. The minimum absolute atomic E-state index is 0.111. The molecule has 2 aromatic rings. The molecule has 1 aliphatic carbocycles. The smallest absolute Gasteiger partial charge is 0.278 e. The second-order valence-corrected chi connectivity index (χ2v) is 4.57. The van der Waals surface area contributed by atoms with Crippen LogP contribution in [0.25, 0.3) is 0 Å². The van der Waals surface area contributed by atoms with E-state index in [1.165, 1.54) is 0 Å². The van der Waals surface area contributed by atoms with Crippen molar-refractivity contribution < 1.29 is 4.79 Å². The van der Waals surface area contributed by atoms with Crippen LogP contribution in [0.15, 0.2) is 42.7 Å². The molecule has 0 saturated heterocycles. The van der Waals surface area contributed by atoms with E-state index in [0.29, 0.717) is 17.2 Å². The molecule has 19 heavy (non-hydrogen) atoms. The first kappa shape index (κ1) is 11.6. The Hall–Kier alpha value is -2.43. The third-order valence-electron chi connectivity index (χ3n) is 3.03. The summed E-state index contributed by atoms with van der Waals surface area (Å²) in [4.78, 5) is 22.6. The van der Waals surface area contributed by atoms with E-state index in [1.54, 1.807) is 41.6 Å². The number of nitrogens with two attached hydrogens (primary N) is 1. The maximum atomic E-state index is 12.5. The van der Waals surface area contributed by atoms with Crippen molar-refractivity contribution in [3.63, 3.8) is 0 Å². The van der Waals surface area contributed by atoms with Crippen molar-refractivity contribution in [2.45, 2.75) is 18.9 Å². The van der Waals surface area contributed by atoms with Crippen LogP contribution >= 0.6 is 0 Å². The standard InChI is InChI=1S/C14H14N4O/c15-10-4-7-13(17-9-10)18(11-5-6-11)14(19)12-3-1-2-8-16-12/h1-4,7-9,11H,5-6,15H2. The maximum absolute atomic E-state index is 12.5. The predicted octanol–water partition coefficient (Wildman–Crippen LogP) is 1.87. The zero-order chi connectivity index (χ0) is 13.2. The molecule has 0 spiro atoms. The Kier molecular flexibility index (Phi) is 2.87. The molecule has 0 radical (unpaired) electrons. The highest BCUT2D eigenvalue weighted by atomic mass is 16.2. The molecule has 3 rings (SSSR count). The Labute approximate surface area is 111 Å². The van der Waals surface area contributed by atoms with Crippen LogP contribution in [0.2, 0.25) is 0 Å². The van der Waals surface area contributed by atoms with Crippen LogP contribution in [0, 0.1) is 0 Å². The molecule has 0 bridgehead atoms. The second-order valence-electron chi connectivity index (χ2n) is 4.57. The molecule has 1 aliphatic rings. The average Bonchev–Trinajstić information content (AvgIpc) is 3.27. The zero-order valence-corrected chi connectivity index (χ0v) is 10.4. The van der Waals surface area contributed by atoms with Crippen molar-refractivity contribution in [3.05, 3.63) is 48.4 Å². The quantitative estimate of drug-likeness (QED) is 0.907. The van der Waals surface area contributed by atoms with Gasteiger partial charge in [0.2, 0.25) is 0 Å². The fraction of sp³-hybridized carbons (Fsp3) is 0.214. The monoisotopic (exact) mass is 254 g/mol. The van der Waals surface area contributed by atoms with E-state index in [4.69, 9.17) is 5.73 Å². The van der Waals surface area contributed by atoms with Gasteiger partial charge in [0.25, 0.3) is 5.91 Å². The van der Waals surface area contributed by atoms with Gasteiger partial charge in [-0.1, -0.05) is 6.07 Å². The molecular formula is C14H14N4O. The van der Waals surface area contributed by atoms with E-state index < -0.39 is 0 Å². The number of rotatable bonds is 3. The number of amides is 1. The number of nitrogen functional groups attached to an aromatic ring is 1. The van der Waals surface area contributed by atoms with Crippen LogP contribution in [0.4, 0.5) is 11.5 Å². The molecule has 2 heterocycles. The molecule has 0 aliphatic heterocycles. The van der Waals surface area contributed by atoms with Crippen molar-refractivity contribution in [3.8, 4) is 0 Å². The zero-order valence-electron chi connectivity index (χ0n) is 10.4. The Morgan fingerprint density at radius 3 is 2.63 bits per heavy atom. The molecule has 2 aromatic heterocycles. The summed E-state index contributed by atoms with van der Waals surface area (Å²) < 4.78 is 0. The van der Waals surface area contributed by atoms with E-state index >= 15 is 0 Å². The normalized spacial score (nSPS) is 14.1. The molecular weight excluding hydrogens is 240 g/mol. The predicted molar refractivity (Wildman–Crippen MR) is 72.7 cm³/mol. The third-order valence-corrected chi connectivity index (χ3v) is 3.03. The third kappa shape index (κ3) is 2.40. The van der Waals surface area contributed by atoms with Gasteiger partial charge in [-0.2, -0.15) is 0 Å². The highest BCUT2D eigenvalue weighted by Crippen LogP contribution is 2.31. The van der Waals surface area contributed by atoms with Gasteiger partial charge in [-0.3, -0.25) is 14.7 Å². The minimum atomic E-state index is -0.111. The number of carbonyl (C=O) groups is 1. The number of anilines is 2. The van der Waals surface area contributed by atoms with E-state index in [9.17, 15) is 4.79 Å². The number of hydrogen-bond donors (Lipinski definition) is 1. The first-order valence-corrected chi connectivity index (χ1v) is 6.22. The van der Waals surface area contributed by atoms with E-state index in [1.807, 2.05) is 6.07 Å². The van der Waals surface area contributed by atoms with Gasteiger partial charge in [-0.15, -0.1) is 0 Å². The summed E-state index contributed by atoms with van der Waals surface area (Å²) in [5.41, 5.74) is 6.65. The molecule has 0 unspecified atom stereocenters. The lowest BCUT2D eigenvalue weighted by atomic mass is 10.3. The van der Waals surface area contributed by atoms with Crippen LogP contribution in [-0.2, 0) is 0 Å². The van der Waals surface area contributed by atoms with E-state index in [0.717, 1.165) is 12.8 Å². The Morgan fingerprint density at radius 1 is 1.21 bits per heavy atom. The molecule has 96 valence electrons. The summed E-state index contributed by atoms with van der Waals surface area (Å²) in [5.74, 6) is 0.521. The van der Waals surface area contributed by atoms with E-state index in [-0.39, 0.29) is 11.9 Å². The molecule has 1 saturated carbocycles. The van der Waals surface area contributed by atoms with Gasteiger partial charge in [0, 0.05) is 12.2 Å². The van der Waals surface area contributed by atoms with Crippen molar-refractivity contribution >= 4 is 17.4 Å². The lowest BCUT2D eigenvalue weighted by Crippen LogP contribution is -2.34. The SMILES string of the molecule is Nc1ccc(N(C(=O)c2ccccn2)C2CC2)nc1. The number of carbonyl (C=O) groups excluding carboxylic acids is 1. The fourth-order valence-corrected chi connectivity index (χ4v) is 1.94. The lowest BCUT2D eigenvalue weighted by Gasteiger charge is -2.20. The van der Waals surface area contributed by atoms with Crippen LogP contribution in [-0.4, -0.2) is 21.9 Å². The highest BCUT2D eigenvalue weighted by molar-refractivity contribution is 6.05. The van der Waals surface area contributed by atoms with Gasteiger partial charge >= 0.3 is 0 Å². The summed E-state index contributed by atoms with van der Waals surface area (Å²) in [5, 5.41) is 0. The molecule has 1 amide bonds. The average molecular weight is 254 g/mol. The number of hydrogen-bond acceptors (Lipinski definition) is 4. The van der Waals surface area contributed by atoms with Crippen molar-refractivity contribution in [1.82, 2.24) is 9.97 Å². The first-order valence-electron chi connectivity index (χ1n) is 6.22. The van der Waals surface area contributed by atoms with Gasteiger partial charge in [0.1, 0.15) is 11.5 Å². The maximum Gasteiger partial charge on any atom is 0.278 e. The first-order chi connectivity index (χ1) is 9.25. The van der Waals surface area contributed by atoms with Crippen LogP contribution in [0.5, 0.6) is 0 Å². The van der Waals surface area contributed by atoms with E-state index in [2.05, 4.69) is 9.97 Å². The number of aromatic nitrogens is 2. The molecule has 5 nitrogen and oxygen atoms in total.